The van der Waals surface area contributed by atoms with Gasteiger partial charge in [-0.1, -0.05) is 30.0 Å². The number of nitrogens with two attached hydrogens (primary N) is 2. The summed E-state index contributed by atoms with van der Waals surface area (Å²) >= 11 is 1.44. The van der Waals surface area contributed by atoms with Crippen molar-refractivity contribution in [2.24, 2.45) is 0 Å². The monoisotopic (exact) mass is 334 g/mol. The van der Waals surface area contributed by atoms with Crippen LogP contribution in [0.1, 0.15) is 11.1 Å². The van der Waals surface area contributed by atoms with Crippen molar-refractivity contribution in [2.45, 2.75) is 10.9 Å². The minimum atomic E-state index is 0.165. The number of thioether (sulfide) groups is 1. The normalized spacial score (nSPS) is 10.3. The molecule has 0 atom stereocenters. The van der Waals surface area contributed by atoms with Crippen LogP contribution in [0.5, 0.6) is 0 Å². The fourth-order valence-corrected chi connectivity index (χ4v) is 2.94. The third-order valence-corrected chi connectivity index (χ3v) is 4.20. The fourth-order valence-electron chi connectivity index (χ4n) is 2.16. The molecule has 0 saturated carbocycles. The second kappa shape index (κ2) is 6.98. The largest absolute Gasteiger partial charge is 0.399 e. The summed E-state index contributed by atoms with van der Waals surface area (Å²) in [7, 11) is 0. The number of rotatable bonds is 4. The van der Waals surface area contributed by atoms with Crippen LogP contribution in [0.3, 0.4) is 0 Å². The lowest BCUT2D eigenvalue weighted by Gasteiger charge is -2.09. The molecule has 0 bridgehead atoms. The van der Waals surface area contributed by atoms with Crippen LogP contribution in [0.25, 0.3) is 11.3 Å². The molecule has 0 saturated heterocycles. The van der Waals surface area contributed by atoms with Gasteiger partial charge in [0.05, 0.1) is 5.69 Å². The highest BCUT2D eigenvalue weighted by Gasteiger charge is 2.14. The van der Waals surface area contributed by atoms with E-state index in [9.17, 15) is 5.26 Å². The lowest BCUT2D eigenvalue weighted by Crippen LogP contribution is -2.03. The van der Waals surface area contributed by atoms with Crippen molar-refractivity contribution in [3.8, 4) is 17.3 Å². The van der Waals surface area contributed by atoms with E-state index in [0.29, 0.717) is 22.3 Å². The quantitative estimate of drug-likeness (QED) is 0.428. The summed E-state index contributed by atoms with van der Waals surface area (Å²) in [4.78, 5) is 12.8. The van der Waals surface area contributed by atoms with E-state index >= 15 is 0 Å². The maximum atomic E-state index is 9.37. The van der Waals surface area contributed by atoms with E-state index in [4.69, 9.17) is 11.5 Å². The third kappa shape index (κ3) is 3.45. The first-order chi connectivity index (χ1) is 11.7. The van der Waals surface area contributed by atoms with Gasteiger partial charge in [-0.3, -0.25) is 4.98 Å². The Morgan fingerprint density at radius 2 is 2.00 bits per heavy atom. The van der Waals surface area contributed by atoms with Gasteiger partial charge < -0.3 is 11.5 Å². The molecule has 0 aliphatic carbocycles. The Bertz CT molecular complexity index is 905. The molecular formula is C17H14N6S. The van der Waals surface area contributed by atoms with Crippen LogP contribution in [0.4, 0.5) is 11.5 Å². The molecule has 0 aliphatic heterocycles. The molecule has 0 spiro atoms. The number of anilines is 2. The summed E-state index contributed by atoms with van der Waals surface area (Å²) in [5, 5.41) is 9.88. The van der Waals surface area contributed by atoms with Gasteiger partial charge in [-0.25, -0.2) is 9.97 Å². The molecule has 2 heterocycles. The Labute approximate surface area is 143 Å². The number of hydrogen-bond acceptors (Lipinski definition) is 7. The van der Waals surface area contributed by atoms with Gasteiger partial charge in [-0.2, -0.15) is 5.26 Å². The molecule has 0 fully saturated rings. The van der Waals surface area contributed by atoms with E-state index in [2.05, 4.69) is 21.0 Å². The SMILES string of the molecule is N#Cc1c(N)nc(SCc2cccnc2)nc1-c1cccc(N)c1. The van der Waals surface area contributed by atoms with Crippen molar-refractivity contribution in [1.29, 1.82) is 5.26 Å². The summed E-state index contributed by atoms with van der Waals surface area (Å²) in [6.45, 7) is 0. The molecule has 4 N–H and O–H groups in total. The zero-order valence-corrected chi connectivity index (χ0v) is 13.5. The minimum absolute atomic E-state index is 0.165. The molecule has 0 amide bonds. The van der Waals surface area contributed by atoms with Crippen molar-refractivity contribution in [3.05, 3.63) is 59.9 Å². The molecule has 3 aromatic rings. The van der Waals surface area contributed by atoms with Crippen LogP contribution in [0.2, 0.25) is 0 Å². The smallest absolute Gasteiger partial charge is 0.190 e. The highest BCUT2D eigenvalue weighted by molar-refractivity contribution is 7.98. The molecular weight excluding hydrogens is 320 g/mol. The summed E-state index contributed by atoms with van der Waals surface area (Å²) in [6.07, 6.45) is 3.51. The third-order valence-electron chi connectivity index (χ3n) is 3.28. The highest BCUT2D eigenvalue weighted by Crippen LogP contribution is 2.29. The molecule has 1 aromatic carbocycles. The Morgan fingerprint density at radius 3 is 2.71 bits per heavy atom. The second-order valence-corrected chi connectivity index (χ2v) is 5.94. The number of pyridine rings is 1. The standard InChI is InChI=1S/C17H14N6S/c18-8-14-15(12-4-1-5-13(19)7-12)22-17(23-16(14)20)24-10-11-3-2-6-21-9-11/h1-7,9H,10,19H2,(H2,20,22,23). The second-order valence-electron chi connectivity index (χ2n) is 5.00. The lowest BCUT2D eigenvalue weighted by atomic mass is 10.1. The minimum Gasteiger partial charge on any atom is -0.399 e. The predicted octanol–water partition coefficient (Wildman–Crippen LogP) is 2.87. The first-order valence-corrected chi connectivity index (χ1v) is 8.11. The average Bonchev–Trinajstić information content (AvgIpc) is 2.60. The lowest BCUT2D eigenvalue weighted by molar-refractivity contribution is 0.974. The molecule has 0 radical (unpaired) electrons. The van der Waals surface area contributed by atoms with E-state index in [1.807, 2.05) is 24.3 Å². The summed E-state index contributed by atoms with van der Waals surface area (Å²) in [6, 6.07) is 13.1. The Kier molecular flexibility index (Phi) is 4.59. The van der Waals surface area contributed by atoms with Gasteiger partial charge in [0, 0.05) is 29.4 Å². The molecule has 24 heavy (non-hydrogen) atoms. The van der Waals surface area contributed by atoms with Crippen molar-refractivity contribution in [1.82, 2.24) is 15.0 Å². The van der Waals surface area contributed by atoms with Crippen molar-refractivity contribution in [2.75, 3.05) is 11.5 Å². The van der Waals surface area contributed by atoms with E-state index in [0.717, 1.165) is 11.1 Å². The fraction of sp³-hybridized carbons (Fsp3) is 0.0588. The number of aromatic nitrogens is 3. The van der Waals surface area contributed by atoms with E-state index in [1.165, 1.54) is 11.8 Å². The molecule has 7 heteroatoms. The molecule has 118 valence electrons. The number of nitriles is 1. The van der Waals surface area contributed by atoms with Crippen LogP contribution >= 0.6 is 11.8 Å². The molecule has 0 aliphatic rings. The number of nitrogen functional groups attached to an aromatic ring is 2. The Morgan fingerprint density at radius 1 is 1.12 bits per heavy atom. The number of nitrogens with zero attached hydrogens (tertiary/aromatic N) is 4. The Balaban J connectivity index is 1.96. The summed E-state index contributed by atoms with van der Waals surface area (Å²) in [5.41, 5.74) is 14.9. The van der Waals surface area contributed by atoms with Crippen molar-refractivity contribution in [3.63, 3.8) is 0 Å². The summed E-state index contributed by atoms with van der Waals surface area (Å²) < 4.78 is 0. The highest BCUT2D eigenvalue weighted by atomic mass is 32.2. The molecule has 0 unspecified atom stereocenters. The van der Waals surface area contributed by atoms with Crippen LogP contribution in [-0.2, 0) is 5.75 Å². The van der Waals surface area contributed by atoms with E-state index < -0.39 is 0 Å². The van der Waals surface area contributed by atoms with E-state index in [-0.39, 0.29) is 11.4 Å². The predicted molar refractivity (Wildman–Crippen MR) is 94.8 cm³/mol. The Hall–Kier alpha value is -3.11. The van der Waals surface area contributed by atoms with Gasteiger partial charge in [-0.05, 0) is 23.8 Å². The van der Waals surface area contributed by atoms with Gasteiger partial charge in [0.15, 0.2) is 5.16 Å². The van der Waals surface area contributed by atoms with Gasteiger partial charge in [0.2, 0.25) is 0 Å². The first-order valence-electron chi connectivity index (χ1n) is 7.12. The average molecular weight is 334 g/mol. The van der Waals surface area contributed by atoms with E-state index in [1.54, 1.807) is 24.5 Å². The van der Waals surface area contributed by atoms with Crippen LogP contribution in [0.15, 0.2) is 53.9 Å². The number of benzene rings is 1. The van der Waals surface area contributed by atoms with Crippen LogP contribution in [-0.4, -0.2) is 15.0 Å². The molecule has 2 aromatic heterocycles. The van der Waals surface area contributed by atoms with Gasteiger partial charge in [0.25, 0.3) is 0 Å². The van der Waals surface area contributed by atoms with Gasteiger partial charge >= 0.3 is 0 Å². The van der Waals surface area contributed by atoms with Gasteiger partial charge in [-0.15, -0.1) is 0 Å². The molecule has 3 rings (SSSR count). The molecule has 6 nitrogen and oxygen atoms in total. The maximum absolute atomic E-state index is 9.37. The summed E-state index contributed by atoms with van der Waals surface area (Å²) in [5.74, 6) is 0.828. The maximum Gasteiger partial charge on any atom is 0.190 e. The number of hydrogen-bond donors (Lipinski definition) is 2. The van der Waals surface area contributed by atoms with Crippen LogP contribution in [0, 0.1) is 11.3 Å². The zero-order chi connectivity index (χ0) is 16.9. The van der Waals surface area contributed by atoms with Crippen molar-refractivity contribution >= 4 is 23.3 Å². The first kappa shape index (κ1) is 15.8. The van der Waals surface area contributed by atoms with Crippen LogP contribution < -0.4 is 11.5 Å². The van der Waals surface area contributed by atoms with Gasteiger partial charge in [0.1, 0.15) is 17.5 Å². The van der Waals surface area contributed by atoms with Crippen molar-refractivity contribution < 1.29 is 0 Å². The topological polar surface area (TPSA) is 114 Å². The zero-order valence-electron chi connectivity index (χ0n) is 12.7.